The summed E-state index contributed by atoms with van der Waals surface area (Å²) in [7, 11) is 0. The van der Waals surface area contributed by atoms with Crippen molar-refractivity contribution in [3.8, 4) is 17.1 Å². The Balaban J connectivity index is 1.65. The number of hydroxylamine groups is 1. The third-order valence-electron chi connectivity index (χ3n) is 6.03. The van der Waals surface area contributed by atoms with E-state index in [0.717, 1.165) is 20.4 Å². The molecule has 0 saturated carbocycles. The van der Waals surface area contributed by atoms with Gasteiger partial charge in [0, 0.05) is 9.49 Å². The number of aromatic hydroxyl groups is 1. The summed E-state index contributed by atoms with van der Waals surface area (Å²) < 4.78 is 7.26. The summed E-state index contributed by atoms with van der Waals surface area (Å²) in [5.41, 5.74) is 4.44. The van der Waals surface area contributed by atoms with Crippen LogP contribution in [0, 0.1) is 3.57 Å². The van der Waals surface area contributed by atoms with Crippen molar-refractivity contribution in [3.05, 3.63) is 105 Å². The zero-order valence-corrected chi connectivity index (χ0v) is 22.8. The Morgan fingerprint density at radius 2 is 1.92 bits per heavy atom. The fourth-order valence-corrected chi connectivity index (χ4v) is 4.51. The number of aromatic amines is 2. The molecule has 2 aromatic heterocycles. The summed E-state index contributed by atoms with van der Waals surface area (Å²) in [5, 5.41) is 11.1. The summed E-state index contributed by atoms with van der Waals surface area (Å²) in [6.45, 7) is 5.70. The van der Waals surface area contributed by atoms with Crippen molar-refractivity contribution in [2.45, 2.75) is 25.3 Å². The van der Waals surface area contributed by atoms with E-state index in [-0.39, 0.29) is 37.1 Å². The third-order valence-corrected chi connectivity index (χ3v) is 6.75. The van der Waals surface area contributed by atoms with Gasteiger partial charge < -0.3 is 19.8 Å². The van der Waals surface area contributed by atoms with E-state index in [4.69, 9.17) is 9.57 Å². The molecule has 0 fully saturated rings. The number of benzene rings is 2. The summed E-state index contributed by atoms with van der Waals surface area (Å²) >= 11 is 2.24. The fourth-order valence-electron chi connectivity index (χ4n) is 4.15. The van der Waals surface area contributed by atoms with Crippen molar-refractivity contribution < 1.29 is 19.5 Å². The predicted molar refractivity (Wildman–Crippen MR) is 150 cm³/mol. The van der Waals surface area contributed by atoms with Gasteiger partial charge in [-0.1, -0.05) is 56.0 Å². The van der Waals surface area contributed by atoms with Crippen molar-refractivity contribution in [1.82, 2.24) is 25.0 Å². The van der Waals surface area contributed by atoms with Gasteiger partial charge in [0.1, 0.15) is 25.1 Å². The lowest BCUT2D eigenvalue weighted by Gasteiger charge is -2.24. The van der Waals surface area contributed by atoms with Crippen LogP contribution in [0.15, 0.2) is 78.4 Å². The first-order valence-corrected chi connectivity index (χ1v) is 13.0. The Labute approximate surface area is 232 Å². The molecule has 4 aromatic rings. The standard InChI is InChI=1S/C27H28IN5O5/c1-3-37-13-14-38-32-23(34)15-21-26(35)33(27(36)31-21)24(17(2)18-7-5-4-6-8-18)25-29-16-22(30-25)19-9-11-20(28)12-10-19/h3-12,16-17,24,35H,1,13-15H2,2H3,(H,29,30)(H,31,36)(H,32,34)/t17-,24-/m0/s1. The van der Waals surface area contributed by atoms with E-state index in [1.54, 1.807) is 6.20 Å². The molecule has 2 aromatic carbocycles. The van der Waals surface area contributed by atoms with E-state index < -0.39 is 17.6 Å². The first kappa shape index (κ1) is 27.2. The molecule has 2 heterocycles. The van der Waals surface area contributed by atoms with Crippen molar-refractivity contribution in [2.24, 2.45) is 0 Å². The number of imidazole rings is 2. The highest BCUT2D eigenvalue weighted by molar-refractivity contribution is 14.1. The number of carbonyl (C=O) groups is 1. The second kappa shape index (κ2) is 12.6. The van der Waals surface area contributed by atoms with Crippen molar-refractivity contribution in [3.63, 3.8) is 0 Å². The minimum Gasteiger partial charge on any atom is -0.499 e. The first-order chi connectivity index (χ1) is 18.4. The van der Waals surface area contributed by atoms with Crippen molar-refractivity contribution >= 4 is 28.5 Å². The van der Waals surface area contributed by atoms with Crippen LogP contribution in [0.1, 0.15) is 36.0 Å². The zero-order valence-electron chi connectivity index (χ0n) is 20.7. The van der Waals surface area contributed by atoms with Gasteiger partial charge in [0.2, 0.25) is 11.8 Å². The topological polar surface area (TPSA) is 134 Å². The lowest BCUT2D eigenvalue weighted by molar-refractivity contribution is -0.133. The average molecular weight is 629 g/mol. The summed E-state index contributed by atoms with van der Waals surface area (Å²) in [5.74, 6) is -0.659. The molecule has 0 bridgehead atoms. The molecule has 0 unspecified atom stereocenters. The number of hydrogen-bond donors (Lipinski definition) is 4. The Hall–Kier alpha value is -3.84. The van der Waals surface area contributed by atoms with Gasteiger partial charge in [-0.2, -0.15) is 0 Å². The molecule has 38 heavy (non-hydrogen) atoms. The van der Waals surface area contributed by atoms with Gasteiger partial charge in [-0.25, -0.2) is 15.3 Å². The van der Waals surface area contributed by atoms with Crippen LogP contribution >= 0.6 is 22.6 Å². The zero-order chi connectivity index (χ0) is 27.1. The van der Waals surface area contributed by atoms with Crippen molar-refractivity contribution in [2.75, 3.05) is 13.2 Å². The monoisotopic (exact) mass is 629 g/mol. The van der Waals surface area contributed by atoms with Gasteiger partial charge in [-0.3, -0.25) is 14.2 Å². The molecule has 2 atom stereocenters. The molecule has 0 spiro atoms. The number of H-pyrrole nitrogens is 2. The van der Waals surface area contributed by atoms with E-state index in [1.807, 2.05) is 61.5 Å². The molecule has 0 aliphatic rings. The maximum Gasteiger partial charge on any atom is 0.329 e. The van der Waals surface area contributed by atoms with E-state index >= 15 is 0 Å². The molecule has 0 aliphatic carbocycles. The lowest BCUT2D eigenvalue weighted by Crippen LogP contribution is -2.27. The number of nitrogens with one attached hydrogen (secondary N) is 3. The highest BCUT2D eigenvalue weighted by atomic mass is 127. The quantitative estimate of drug-likeness (QED) is 0.0810. The van der Waals surface area contributed by atoms with E-state index in [1.165, 1.54) is 10.8 Å². The van der Waals surface area contributed by atoms with Crippen LogP contribution < -0.4 is 11.2 Å². The molecule has 10 nitrogen and oxygen atoms in total. The number of nitrogens with zero attached hydrogens (tertiary/aromatic N) is 2. The fraction of sp³-hybridized carbons (Fsp3) is 0.222. The lowest BCUT2D eigenvalue weighted by atomic mass is 9.92. The maximum absolute atomic E-state index is 13.2. The average Bonchev–Trinajstić information content (AvgIpc) is 3.50. The summed E-state index contributed by atoms with van der Waals surface area (Å²) in [6.07, 6.45) is 2.68. The van der Waals surface area contributed by atoms with Gasteiger partial charge >= 0.3 is 5.69 Å². The number of amides is 1. The second-order valence-electron chi connectivity index (χ2n) is 8.52. The molecule has 4 N–H and O–H groups in total. The van der Waals surface area contributed by atoms with E-state index in [0.29, 0.717) is 5.82 Å². The molecule has 0 radical (unpaired) electrons. The van der Waals surface area contributed by atoms with Gasteiger partial charge in [0.05, 0.1) is 30.3 Å². The van der Waals surface area contributed by atoms with Crippen LogP contribution in [0.5, 0.6) is 5.88 Å². The Morgan fingerprint density at radius 3 is 2.63 bits per heavy atom. The number of halogens is 1. The normalized spacial score (nSPS) is 12.6. The van der Waals surface area contributed by atoms with E-state index in [9.17, 15) is 14.7 Å². The minimum atomic E-state index is -0.692. The predicted octanol–water partition coefficient (Wildman–Crippen LogP) is 4.02. The largest absolute Gasteiger partial charge is 0.499 e. The summed E-state index contributed by atoms with van der Waals surface area (Å²) in [4.78, 5) is 41.1. The van der Waals surface area contributed by atoms with Crippen LogP contribution in [-0.4, -0.2) is 43.7 Å². The maximum atomic E-state index is 13.2. The highest BCUT2D eigenvalue weighted by Gasteiger charge is 2.31. The Bertz CT molecular complexity index is 1430. The minimum absolute atomic E-state index is 0.0631. The molecule has 1 amide bonds. The molecular formula is C27H28IN5O5. The van der Waals surface area contributed by atoms with Crippen LogP contribution in [0.4, 0.5) is 0 Å². The Kier molecular flexibility index (Phi) is 9.02. The molecule has 198 valence electrons. The molecule has 4 rings (SSSR count). The number of rotatable bonds is 12. The molecule has 0 aliphatic heterocycles. The number of ether oxygens (including phenoxy) is 1. The highest BCUT2D eigenvalue weighted by Crippen LogP contribution is 2.36. The summed E-state index contributed by atoms with van der Waals surface area (Å²) in [6, 6.07) is 16.9. The van der Waals surface area contributed by atoms with Gasteiger partial charge in [-0.15, -0.1) is 0 Å². The van der Waals surface area contributed by atoms with Crippen LogP contribution in [0.3, 0.4) is 0 Å². The third kappa shape index (κ3) is 6.34. The van der Waals surface area contributed by atoms with Crippen LogP contribution in [0.2, 0.25) is 0 Å². The molecular weight excluding hydrogens is 601 g/mol. The van der Waals surface area contributed by atoms with Gasteiger partial charge in [0.15, 0.2) is 0 Å². The van der Waals surface area contributed by atoms with Crippen LogP contribution in [-0.2, 0) is 20.8 Å². The van der Waals surface area contributed by atoms with E-state index in [2.05, 4.69) is 49.6 Å². The SMILES string of the molecule is C=COCCONC(=O)Cc1[nH]c(=O)n([C@H](c2ncc(-c3ccc(I)cc3)[nH]2)[C@@H](C)c2ccccc2)c1O. The Morgan fingerprint density at radius 1 is 1.18 bits per heavy atom. The number of carbonyl (C=O) groups excluding carboxylic acids is 1. The van der Waals surface area contributed by atoms with Gasteiger partial charge in [0.25, 0.3) is 0 Å². The first-order valence-electron chi connectivity index (χ1n) is 11.9. The van der Waals surface area contributed by atoms with Crippen LogP contribution in [0.25, 0.3) is 11.3 Å². The molecule has 11 heteroatoms. The van der Waals surface area contributed by atoms with Crippen molar-refractivity contribution in [1.29, 1.82) is 0 Å². The number of hydrogen-bond acceptors (Lipinski definition) is 6. The number of aromatic nitrogens is 4. The smallest absolute Gasteiger partial charge is 0.329 e. The van der Waals surface area contributed by atoms with Gasteiger partial charge in [-0.05, 0) is 45.9 Å². The second-order valence-corrected chi connectivity index (χ2v) is 9.77. The molecule has 0 saturated heterocycles.